The van der Waals surface area contributed by atoms with Gasteiger partial charge in [-0.2, -0.15) is 0 Å². The molecule has 7 heteroatoms. The van der Waals surface area contributed by atoms with Gasteiger partial charge in [0.25, 0.3) is 0 Å². The summed E-state index contributed by atoms with van der Waals surface area (Å²) in [6, 6.07) is 32.0. The van der Waals surface area contributed by atoms with Gasteiger partial charge in [-0.05, 0) is 49.7 Å². The van der Waals surface area contributed by atoms with E-state index in [0.717, 1.165) is 28.1 Å². The number of rotatable bonds is 7. The number of nitrogens with one attached hydrogen (secondary N) is 1. The van der Waals surface area contributed by atoms with Crippen LogP contribution in [0.5, 0.6) is 0 Å². The van der Waals surface area contributed by atoms with E-state index in [1.807, 2.05) is 92.7 Å². The van der Waals surface area contributed by atoms with Crippen molar-refractivity contribution < 1.29 is 9.18 Å². The second-order valence-corrected chi connectivity index (χ2v) is 9.93. The van der Waals surface area contributed by atoms with E-state index in [2.05, 4.69) is 15.5 Å². The monoisotopic (exact) mass is 508 g/mol. The molecule has 1 amide bonds. The first-order valence-electron chi connectivity index (χ1n) is 11.9. The van der Waals surface area contributed by atoms with E-state index >= 15 is 0 Å². The number of nitrogens with zero attached hydrogens (tertiary/aromatic N) is 3. The smallest absolute Gasteiger partial charge is 0.237 e. The predicted molar refractivity (Wildman–Crippen MR) is 147 cm³/mol. The zero-order valence-electron chi connectivity index (χ0n) is 20.4. The zero-order valence-corrected chi connectivity index (χ0v) is 21.2. The molecule has 5 rings (SSSR count). The van der Waals surface area contributed by atoms with Gasteiger partial charge in [-0.3, -0.25) is 9.36 Å². The summed E-state index contributed by atoms with van der Waals surface area (Å²) in [6.45, 7) is 3.82. The minimum absolute atomic E-state index is 0.167. The van der Waals surface area contributed by atoms with Gasteiger partial charge in [0.2, 0.25) is 5.91 Å². The Morgan fingerprint density at radius 2 is 1.49 bits per heavy atom. The van der Waals surface area contributed by atoms with Crippen LogP contribution < -0.4 is 5.32 Å². The molecule has 0 spiro atoms. The maximum atomic E-state index is 14.7. The normalized spacial score (nSPS) is 11.8. The fraction of sp³-hybridized carbons (Fsp3) is 0.100. The molecular weight excluding hydrogens is 483 g/mol. The molecule has 184 valence electrons. The Labute approximate surface area is 219 Å². The van der Waals surface area contributed by atoms with Gasteiger partial charge in [0.1, 0.15) is 5.82 Å². The van der Waals surface area contributed by atoms with Crippen molar-refractivity contribution in [2.75, 3.05) is 5.32 Å². The molecule has 0 saturated heterocycles. The van der Waals surface area contributed by atoms with Crippen LogP contribution >= 0.6 is 11.8 Å². The van der Waals surface area contributed by atoms with Crippen LogP contribution in [0.25, 0.3) is 28.2 Å². The Balaban J connectivity index is 1.45. The summed E-state index contributed by atoms with van der Waals surface area (Å²) < 4.78 is 16.5. The summed E-state index contributed by atoms with van der Waals surface area (Å²) in [4.78, 5) is 13.3. The third-order valence-corrected chi connectivity index (χ3v) is 7.00. The van der Waals surface area contributed by atoms with Crippen molar-refractivity contribution in [3.8, 4) is 28.2 Å². The maximum Gasteiger partial charge on any atom is 0.237 e. The van der Waals surface area contributed by atoms with E-state index in [4.69, 9.17) is 0 Å². The minimum atomic E-state index is -0.495. The highest BCUT2D eigenvalue weighted by molar-refractivity contribution is 8.00. The zero-order chi connectivity index (χ0) is 25.8. The van der Waals surface area contributed by atoms with E-state index in [9.17, 15) is 9.18 Å². The number of amides is 1. The molecular formula is C30H25FN4OS. The van der Waals surface area contributed by atoms with Crippen LogP contribution in [0, 0.1) is 12.7 Å². The number of para-hydroxylation sites is 1. The Bertz CT molecular complexity index is 1530. The first kappa shape index (κ1) is 24.5. The van der Waals surface area contributed by atoms with Crippen molar-refractivity contribution in [2.24, 2.45) is 0 Å². The van der Waals surface area contributed by atoms with Crippen LogP contribution in [0.3, 0.4) is 0 Å². The molecule has 5 nitrogen and oxygen atoms in total. The average Bonchev–Trinajstić information content (AvgIpc) is 3.33. The van der Waals surface area contributed by atoms with E-state index in [0.29, 0.717) is 16.5 Å². The second-order valence-electron chi connectivity index (χ2n) is 8.62. The first-order chi connectivity index (χ1) is 18.0. The topological polar surface area (TPSA) is 59.8 Å². The number of aryl methyl sites for hydroxylation is 1. The summed E-state index contributed by atoms with van der Waals surface area (Å²) in [5.74, 6) is -0.172. The standard InChI is InChI=1S/C30H25FN4OS/c1-20-16-18-23(19-17-20)35-28(25-13-6-8-14-26(25)31)33-34-30(35)37-21(2)29(36)32-27-15-9-7-12-24(27)22-10-4-3-5-11-22/h3-19,21H,1-2H3,(H,32,36)/t21-/m0/s1. The summed E-state index contributed by atoms with van der Waals surface area (Å²) in [5, 5.41) is 11.7. The number of halogens is 1. The summed E-state index contributed by atoms with van der Waals surface area (Å²) >= 11 is 1.27. The number of carbonyl (C=O) groups is 1. The Kier molecular flexibility index (Phi) is 7.14. The number of carbonyl (C=O) groups excluding carboxylic acids is 1. The fourth-order valence-electron chi connectivity index (χ4n) is 4.00. The first-order valence-corrected chi connectivity index (χ1v) is 12.8. The Morgan fingerprint density at radius 1 is 0.838 bits per heavy atom. The molecule has 0 aliphatic rings. The van der Waals surface area contributed by atoms with Crippen molar-refractivity contribution in [2.45, 2.75) is 24.3 Å². The van der Waals surface area contributed by atoms with Gasteiger partial charge < -0.3 is 5.32 Å². The van der Waals surface area contributed by atoms with Crippen LogP contribution in [-0.2, 0) is 4.79 Å². The largest absolute Gasteiger partial charge is 0.325 e. The van der Waals surface area contributed by atoms with Crippen molar-refractivity contribution in [3.05, 3.63) is 115 Å². The molecule has 1 N–H and O–H groups in total. The molecule has 0 saturated carbocycles. The van der Waals surface area contributed by atoms with E-state index in [1.165, 1.54) is 17.8 Å². The molecule has 0 radical (unpaired) electrons. The second kappa shape index (κ2) is 10.8. The van der Waals surface area contributed by atoms with E-state index < -0.39 is 5.25 Å². The lowest BCUT2D eigenvalue weighted by Gasteiger charge is -2.16. The van der Waals surface area contributed by atoms with Gasteiger partial charge in [0.05, 0.1) is 10.8 Å². The summed E-state index contributed by atoms with van der Waals surface area (Å²) in [7, 11) is 0. The van der Waals surface area contributed by atoms with Crippen LogP contribution in [0.2, 0.25) is 0 Å². The Hall–Kier alpha value is -4.23. The minimum Gasteiger partial charge on any atom is -0.325 e. The fourth-order valence-corrected chi connectivity index (χ4v) is 4.86. The van der Waals surface area contributed by atoms with Crippen molar-refractivity contribution in [1.29, 1.82) is 0 Å². The van der Waals surface area contributed by atoms with Crippen LogP contribution in [0.1, 0.15) is 12.5 Å². The van der Waals surface area contributed by atoms with Gasteiger partial charge in [-0.1, -0.05) is 90.1 Å². The van der Waals surface area contributed by atoms with E-state index in [1.54, 1.807) is 22.8 Å². The Morgan fingerprint density at radius 3 is 2.22 bits per heavy atom. The molecule has 0 unspecified atom stereocenters. The van der Waals surface area contributed by atoms with Gasteiger partial charge in [0, 0.05) is 16.9 Å². The predicted octanol–water partition coefficient (Wildman–Crippen LogP) is 7.17. The lowest BCUT2D eigenvalue weighted by molar-refractivity contribution is -0.115. The molecule has 1 atom stereocenters. The van der Waals surface area contributed by atoms with Crippen LogP contribution in [0.4, 0.5) is 10.1 Å². The van der Waals surface area contributed by atoms with Crippen molar-refractivity contribution >= 4 is 23.4 Å². The average molecular weight is 509 g/mol. The molecule has 0 aliphatic carbocycles. The summed E-state index contributed by atoms with van der Waals surface area (Å²) in [5.41, 5.74) is 4.93. The third kappa shape index (κ3) is 5.32. The lowest BCUT2D eigenvalue weighted by atomic mass is 10.0. The van der Waals surface area contributed by atoms with E-state index in [-0.39, 0.29) is 11.7 Å². The van der Waals surface area contributed by atoms with Crippen molar-refractivity contribution in [3.63, 3.8) is 0 Å². The maximum absolute atomic E-state index is 14.7. The number of benzene rings is 4. The van der Waals surface area contributed by atoms with Crippen molar-refractivity contribution in [1.82, 2.24) is 14.8 Å². The molecule has 1 heterocycles. The molecule has 4 aromatic carbocycles. The van der Waals surface area contributed by atoms with Gasteiger partial charge in [0.15, 0.2) is 11.0 Å². The highest BCUT2D eigenvalue weighted by atomic mass is 32.2. The molecule has 0 fully saturated rings. The molecule has 0 aliphatic heterocycles. The van der Waals surface area contributed by atoms with Gasteiger partial charge in [-0.25, -0.2) is 4.39 Å². The molecule has 1 aromatic heterocycles. The number of aromatic nitrogens is 3. The highest BCUT2D eigenvalue weighted by Gasteiger charge is 2.23. The third-order valence-electron chi connectivity index (χ3n) is 5.96. The summed E-state index contributed by atoms with van der Waals surface area (Å²) in [6.07, 6.45) is 0. The number of thioether (sulfide) groups is 1. The molecule has 0 bridgehead atoms. The lowest BCUT2D eigenvalue weighted by Crippen LogP contribution is -2.23. The van der Waals surface area contributed by atoms with Crippen LogP contribution in [-0.4, -0.2) is 25.9 Å². The highest BCUT2D eigenvalue weighted by Crippen LogP contribution is 2.33. The molecule has 5 aromatic rings. The van der Waals surface area contributed by atoms with Gasteiger partial charge >= 0.3 is 0 Å². The molecule has 37 heavy (non-hydrogen) atoms. The number of hydrogen-bond acceptors (Lipinski definition) is 4. The van der Waals surface area contributed by atoms with Gasteiger partial charge in [-0.15, -0.1) is 10.2 Å². The quantitative estimate of drug-likeness (QED) is 0.237. The van der Waals surface area contributed by atoms with Crippen LogP contribution in [0.15, 0.2) is 108 Å². The number of hydrogen-bond donors (Lipinski definition) is 1. The SMILES string of the molecule is Cc1ccc(-n2c(S[C@@H](C)C(=O)Nc3ccccc3-c3ccccc3)nnc2-c2ccccc2F)cc1. The number of anilines is 1.